The molecule has 1 aromatic carbocycles. The maximum absolute atomic E-state index is 8.91. The van der Waals surface area contributed by atoms with Crippen LogP contribution in [0.25, 0.3) is 22.4 Å². The highest BCUT2D eigenvalue weighted by Gasteiger charge is 2.07. The standard InChI is InChI=1S/C20H22N4O/c1-14-4-6-16(7-5-14)17-10-18(13-21-12-17)19-11-20(22-8-3-9-25)24-15(2)23-19/h4-7,10-13,25H,3,8-9H2,1-2H3,(H,22,23,24). The Kier molecular flexibility index (Phi) is 5.36. The third-order valence-electron chi connectivity index (χ3n) is 3.90. The Morgan fingerprint density at radius 3 is 2.44 bits per heavy atom. The van der Waals surface area contributed by atoms with Crippen molar-refractivity contribution in [2.24, 2.45) is 0 Å². The summed E-state index contributed by atoms with van der Waals surface area (Å²) < 4.78 is 0. The van der Waals surface area contributed by atoms with E-state index < -0.39 is 0 Å². The second-order valence-corrected chi connectivity index (χ2v) is 6.02. The van der Waals surface area contributed by atoms with Crippen LogP contribution < -0.4 is 5.32 Å². The van der Waals surface area contributed by atoms with E-state index >= 15 is 0 Å². The molecule has 0 saturated carbocycles. The molecule has 0 spiro atoms. The first-order chi connectivity index (χ1) is 12.2. The van der Waals surface area contributed by atoms with Crippen LogP contribution in [-0.4, -0.2) is 33.2 Å². The summed E-state index contributed by atoms with van der Waals surface area (Å²) in [5.74, 6) is 1.46. The SMILES string of the molecule is Cc1ccc(-c2cncc(-c3cc(NCCCO)nc(C)n3)c2)cc1. The Labute approximate surface area is 147 Å². The minimum atomic E-state index is 0.159. The van der Waals surface area contributed by atoms with Gasteiger partial charge in [-0.25, -0.2) is 9.97 Å². The van der Waals surface area contributed by atoms with Gasteiger partial charge in [-0.3, -0.25) is 4.98 Å². The largest absolute Gasteiger partial charge is 0.396 e. The molecule has 3 rings (SSSR count). The lowest BCUT2D eigenvalue weighted by atomic mass is 10.0. The molecule has 0 atom stereocenters. The van der Waals surface area contributed by atoms with Crippen LogP contribution in [0.4, 0.5) is 5.82 Å². The Morgan fingerprint density at radius 1 is 0.920 bits per heavy atom. The fourth-order valence-electron chi connectivity index (χ4n) is 2.59. The van der Waals surface area contributed by atoms with Gasteiger partial charge in [-0.15, -0.1) is 0 Å². The summed E-state index contributed by atoms with van der Waals surface area (Å²) in [5, 5.41) is 12.1. The first-order valence-electron chi connectivity index (χ1n) is 8.38. The number of hydrogen-bond donors (Lipinski definition) is 2. The second kappa shape index (κ2) is 7.85. The van der Waals surface area contributed by atoms with E-state index in [1.54, 1.807) is 0 Å². The van der Waals surface area contributed by atoms with E-state index in [2.05, 4.69) is 57.5 Å². The molecule has 0 radical (unpaired) electrons. The monoisotopic (exact) mass is 334 g/mol. The van der Waals surface area contributed by atoms with E-state index in [0.29, 0.717) is 18.8 Å². The zero-order valence-electron chi connectivity index (χ0n) is 14.5. The van der Waals surface area contributed by atoms with Crippen LogP contribution in [0.2, 0.25) is 0 Å². The molecule has 0 aliphatic carbocycles. The van der Waals surface area contributed by atoms with Gasteiger partial charge in [0, 0.05) is 42.7 Å². The molecule has 25 heavy (non-hydrogen) atoms. The molecule has 0 aliphatic heterocycles. The average Bonchev–Trinajstić information content (AvgIpc) is 2.62. The minimum Gasteiger partial charge on any atom is -0.396 e. The lowest BCUT2D eigenvalue weighted by Gasteiger charge is -2.09. The maximum Gasteiger partial charge on any atom is 0.130 e. The second-order valence-electron chi connectivity index (χ2n) is 6.02. The molecule has 2 aromatic heterocycles. The highest BCUT2D eigenvalue weighted by atomic mass is 16.3. The van der Waals surface area contributed by atoms with Crippen LogP contribution in [0.5, 0.6) is 0 Å². The fraction of sp³-hybridized carbons (Fsp3) is 0.250. The van der Waals surface area contributed by atoms with Crippen molar-refractivity contribution in [2.45, 2.75) is 20.3 Å². The molecule has 0 bridgehead atoms. The third-order valence-corrected chi connectivity index (χ3v) is 3.90. The van der Waals surface area contributed by atoms with Crippen molar-refractivity contribution in [2.75, 3.05) is 18.5 Å². The summed E-state index contributed by atoms with van der Waals surface area (Å²) in [6, 6.07) is 12.4. The summed E-state index contributed by atoms with van der Waals surface area (Å²) in [7, 11) is 0. The lowest BCUT2D eigenvalue weighted by Crippen LogP contribution is -2.06. The number of nitrogens with one attached hydrogen (secondary N) is 1. The smallest absolute Gasteiger partial charge is 0.130 e. The van der Waals surface area contributed by atoms with E-state index in [0.717, 1.165) is 28.2 Å². The quantitative estimate of drug-likeness (QED) is 0.674. The number of aliphatic hydroxyl groups is 1. The van der Waals surface area contributed by atoms with Crippen LogP contribution in [0, 0.1) is 13.8 Å². The molecule has 3 aromatic rings. The number of anilines is 1. The van der Waals surface area contributed by atoms with Gasteiger partial charge in [0.1, 0.15) is 11.6 Å². The van der Waals surface area contributed by atoms with Crippen LogP contribution in [-0.2, 0) is 0 Å². The van der Waals surface area contributed by atoms with Crippen LogP contribution >= 0.6 is 0 Å². The molecular formula is C20H22N4O. The lowest BCUT2D eigenvalue weighted by molar-refractivity contribution is 0.292. The summed E-state index contributed by atoms with van der Waals surface area (Å²) >= 11 is 0. The van der Waals surface area contributed by atoms with E-state index in [1.165, 1.54) is 5.56 Å². The Morgan fingerprint density at radius 2 is 1.68 bits per heavy atom. The Bertz CT molecular complexity index is 847. The molecule has 2 heterocycles. The van der Waals surface area contributed by atoms with Crippen molar-refractivity contribution in [3.63, 3.8) is 0 Å². The van der Waals surface area contributed by atoms with E-state index in [4.69, 9.17) is 5.11 Å². The normalized spacial score (nSPS) is 10.7. The fourth-order valence-corrected chi connectivity index (χ4v) is 2.59. The molecule has 0 unspecified atom stereocenters. The number of pyridine rings is 1. The zero-order chi connectivity index (χ0) is 17.6. The van der Waals surface area contributed by atoms with Crippen molar-refractivity contribution in [1.29, 1.82) is 0 Å². The Balaban J connectivity index is 1.91. The van der Waals surface area contributed by atoms with Crippen molar-refractivity contribution in [1.82, 2.24) is 15.0 Å². The number of aliphatic hydroxyl groups excluding tert-OH is 1. The van der Waals surface area contributed by atoms with Gasteiger partial charge >= 0.3 is 0 Å². The maximum atomic E-state index is 8.91. The predicted octanol–water partition coefficient (Wildman–Crippen LogP) is 3.62. The minimum absolute atomic E-state index is 0.159. The molecule has 128 valence electrons. The van der Waals surface area contributed by atoms with Gasteiger partial charge in [-0.1, -0.05) is 29.8 Å². The highest BCUT2D eigenvalue weighted by molar-refractivity contribution is 5.71. The van der Waals surface area contributed by atoms with Gasteiger partial charge in [0.05, 0.1) is 5.69 Å². The number of benzene rings is 1. The van der Waals surface area contributed by atoms with E-state index in [1.807, 2.05) is 25.4 Å². The van der Waals surface area contributed by atoms with Crippen molar-refractivity contribution in [3.05, 3.63) is 60.2 Å². The molecule has 0 amide bonds. The summed E-state index contributed by atoms with van der Waals surface area (Å²) in [6.45, 7) is 4.78. The average molecular weight is 334 g/mol. The number of rotatable bonds is 6. The third kappa shape index (κ3) is 4.39. The van der Waals surface area contributed by atoms with Crippen LogP contribution in [0.1, 0.15) is 17.8 Å². The van der Waals surface area contributed by atoms with Gasteiger partial charge in [0.15, 0.2) is 0 Å². The number of nitrogens with zero attached hydrogens (tertiary/aromatic N) is 3. The summed E-state index contributed by atoms with van der Waals surface area (Å²) in [6.07, 6.45) is 4.36. The van der Waals surface area contributed by atoms with E-state index in [-0.39, 0.29) is 6.61 Å². The summed E-state index contributed by atoms with van der Waals surface area (Å²) in [5.41, 5.74) is 5.21. The van der Waals surface area contributed by atoms with Gasteiger partial charge in [-0.05, 0) is 31.9 Å². The first kappa shape index (κ1) is 17.0. The molecule has 0 fully saturated rings. The number of aromatic nitrogens is 3. The van der Waals surface area contributed by atoms with Gasteiger partial charge < -0.3 is 10.4 Å². The van der Waals surface area contributed by atoms with Crippen LogP contribution in [0.15, 0.2) is 48.8 Å². The molecule has 0 aliphatic rings. The van der Waals surface area contributed by atoms with E-state index in [9.17, 15) is 0 Å². The van der Waals surface area contributed by atoms with Crippen molar-refractivity contribution in [3.8, 4) is 22.4 Å². The number of aryl methyl sites for hydroxylation is 2. The van der Waals surface area contributed by atoms with Crippen LogP contribution in [0.3, 0.4) is 0 Å². The molecule has 0 saturated heterocycles. The molecule has 5 nitrogen and oxygen atoms in total. The first-order valence-corrected chi connectivity index (χ1v) is 8.38. The molecular weight excluding hydrogens is 312 g/mol. The van der Waals surface area contributed by atoms with Gasteiger partial charge in [0.25, 0.3) is 0 Å². The topological polar surface area (TPSA) is 70.9 Å². The highest BCUT2D eigenvalue weighted by Crippen LogP contribution is 2.25. The number of hydrogen-bond acceptors (Lipinski definition) is 5. The summed E-state index contributed by atoms with van der Waals surface area (Å²) in [4.78, 5) is 13.3. The van der Waals surface area contributed by atoms with Crippen molar-refractivity contribution >= 4 is 5.82 Å². The molecule has 2 N–H and O–H groups in total. The van der Waals surface area contributed by atoms with Crippen molar-refractivity contribution < 1.29 is 5.11 Å². The zero-order valence-corrected chi connectivity index (χ0v) is 14.5. The predicted molar refractivity (Wildman–Crippen MR) is 100 cm³/mol. The van der Waals surface area contributed by atoms with Gasteiger partial charge in [-0.2, -0.15) is 0 Å². The van der Waals surface area contributed by atoms with Gasteiger partial charge in [0.2, 0.25) is 0 Å². The Hall–Kier alpha value is -2.79. The molecule has 5 heteroatoms.